The van der Waals surface area contributed by atoms with Crippen LogP contribution in [0.3, 0.4) is 0 Å². The van der Waals surface area contributed by atoms with Gasteiger partial charge in [0.15, 0.2) is 12.1 Å². The van der Waals surface area contributed by atoms with Crippen LogP contribution in [0.5, 0.6) is 5.75 Å². The van der Waals surface area contributed by atoms with Crippen LogP contribution in [0, 0.1) is 0 Å². The van der Waals surface area contributed by atoms with E-state index in [1.165, 1.54) is 6.42 Å². The summed E-state index contributed by atoms with van der Waals surface area (Å²) in [4.78, 5) is 0. The summed E-state index contributed by atoms with van der Waals surface area (Å²) in [5.41, 5.74) is 0.883. The number of fused-ring (bicyclic) bond motifs is 3. The van der Waals surface area contributed by atoms with Crippen LogP contribution in [0.15, 0.2) is 24.3 Å². The van der Waals surface area contributed by atoms with Crippen LogP contribution in [-0.4, -0.2) is 55.6 Å². The van der Waals surface area contributed by atoms with E-state index in [1.54, 1.807) is 18.9 Å². The Morgan fingerprint density at radius 2 is 1.71 bits per heavy atom. The SMILES string of the molecule is COc1ccc(C2O[C@@H]3[C@H](O2)[C@@H](SC)O[C@@H]2COC4(CCCCC4)O[C@@H]32)cc1. The largest absolute Gasteiger partial charge is 0.497 e. The Bertz CT molecular complexity index is 676. The highest BCUT2D eigenvalue weighted by atomic mass is 32.2. The maximum absolute atomic E-state index is 6.56. The van der Waals surface area contributed by atoms with Crippen LogP contribution in [0.2, 0.25) is 0 Å². The number of methoxy groups -OCH3 is 1. The fourth-order valence-corrected chi connectivity index (χ4v) is 5.49. The van der Waals surface area contributed by atoms with Crippen LogP contribution in [0.1, 0.15) is 44.0 Å². The Kier molecular flexibility index (Phi) is 5.32. The summed E-state index contributed by atoms with van der Waals surface area (Å²) >= 11 is 1.65. The molecule has 3 heterocycles. The van der Waals surface area contributed by atoms with Gasteiger partial charge in [0.25, 0.3) is 0 Å². The summed E-state index contributed by atoms with van der Waals surface area (Å²) < 4.78 is 37.1. The lowest BCUT2D eigenvalue weighted by Crippen LogP contribution is -2.64. The van der Waals surface area contributed by atoms with Crippen LogP contribution in [0.4, 0.5) is 0 Å². The van der Waals surface area contributed by atoms with Gasteiger partial charge in [0.1, 0.15) is 35.6 Å². The third kappa shape index (κ3) is 3.36. The highest BCUT2D eigenvalue weighted by molar-refractivity contribution is 7.99. The fraction of sp³-hybridized carbons (Fsp3) is 0.714. The molecule has 4 fully saturated rings. The van der Waals surface area contributed by atoms with Crippen molar-refractivity contribution in [1.82, 2.24) is 0 Å². The summed E-state index contributed by atoms with van der Waals surface area (Å²) in [5, 5.41) is 0. The van der Waals surface area contributed by atoms with Crippen LogP contribution >= 0.6 is 11.8 Å². The van der Waals surface area contributed by atoms with Crippen molar-refractivity contribution in [3.8, 4) is 5.75 Å². The van der Waals surface area contributed by atoms with Crippen LogP contribution in [0.25, 0.3) is 0 Å². The first-order valence-corrected chi connectivity index (χ1v) is 11.4. The number of ether oxygens (including phenoxy) is 6. The zero-order valence-corrected chi connectivity index (χ0v) is 17.2. The van der Waals surface area contributed by atoms with E-state index in [0.29, 0.717) is 6.61 Å². The van der Waals surface area contributed by atoms with Gasteiger partial charge in [-0.05, 0) is 31.2 Å². The van der Waals surface area contributed by atoms with Crippen molar-refractivity contribution in [2.75, 3.05) is 20.0 Å². The smallest absolute Gasteiger partial charge is 0.185 e. The maximum atomic E-state index is 6.56. The second kappa shape index (κ2) is 7.78. The number of thioether (sulfide) groups is 1. The summed E-state index contributed by atoms with van der Waals surface area (Å²) in [5.74, 6) is 0.345. The van der Waals surface area contributed by atoms with E-state index in [4.69, 9.17) is 28.4 Å². The second-order valence-corrected chi connectivity index (χ2v) is 8.89. The van der Waals surface area contributed by atoms with Crippen molar-refractivity contribution >= 4 is 11.8 Å². The normalized spacial score (nSPS) is 39.4. The van der Waals surface area contributed by atoms with Gasteiger partial charge in [0, 0.05) is 18.4 Å². The van der Waals surface area contributed by atoms with Gasteiger partial charge in [-0.25, -0.2) is 0 Å². The molecule has 0 aromatic heterocycles. The van der Waals surface area contributed by atoms with Gasteiger partial charge in [0.2, 0.25) is 0 Å². The lowest BCUT2D eigenvalue weighted by atomic mass is 9.91. The first kappa shape index (κ1) is 19.2. The van der Waals surface area contributed by atoms with Crippen molar-refractivity contribution in [3.63, 3.8) is 0 Å². The van der Waals surface area contributed by atoms with Gasteiger partial charge in [-0.3, -0.25) is 0 Å². The molecule has 4 aliphatic rings. The van der Waals surface area contributed by atoms with E-state index in [2.05, 4.69) is 0 Å². The molecule has 0 N–H and O–H groups in total. The molecule has 154 valence electrons. The quantitative estimate of drug-likeness (QED) is 0.757. The number of benzene rings is 1. The van der Waals surface area contributed by atoms with Crippen molar-refractivity contribution in [1.29, 1.82) is 0 Å². The summed E-state index contributed by atoms with van der Waals surface area (Å²) in [6.45, 7) is 0.557. The number of hydrogen-bond acceptors (Lipinski definition) is 7. The third-order valence-electron chi connectivity index (χ3n) is 6.25. The average Bonchev–Trinajstić information content (AvgIpc) is 3.20. The van der Waals surface area contributed by atoms with E-state index in [-0.39, 0.29) is 29.9 Å². The molecule has 1 spiro atoms. The monoisotopic (exact) mass is 408 g/mol. The maximum Gasteiger partial charge on any atom is 0.185 e. The number of rotatable bonds is 3. The minimum Gasteiger partial charge on any atom is -0.497 e. The summed E-state index contributed by atoms with van der Waals surface area (Å²) in [7, 11) is 1.66. The Morgan fingerprint density at radius 3 is 2.43 bits per heavy atom. The minimum absolute atomic E-state index is 0.0953. The van der Waals surface area contributed by atoms with Crippen LogP contribution < -0.4 is 4.74 Å². The standard InChI is InChI=1S/C21H28O6S/c1-22-14-8-6-13(7-9-14)19-25-17-16-15(24-20(28-2)18(17)26-19)12-23-21(27-16)10-4-3-5-11-21/h6-9,15-20H,3-5,10-12H2,1-2H3/t15-,16-,17+,18+,19?,20-/m1/s1. The molecule has 5 rings (SSSR count). The Morgan fingerprint density at radius 1 is 0.964 bits per heavy atom. The Hall–Kier alpha value is -0.830. The molecular weight excluding hydrogens is 380 g/mol. The predicted octanol–water partition coefficient (Wildman–Crippen LogP) is 3.64. The average molecular weight is 409 g/mol. The van der Waals surface area contributed by atoms with Gasteiger partial charge in [-0.15, -0.1) is 11.8 Å². The van der Waals surface area contributed by atoms with Crippen molar-refractivity contribution in [2.24, 2.45) is 0 Å². The van der Waals surface area contributed by atoms with E-state index in [9.17, 15) is 0 Å². The Labute approximate surface area is 170 Å². The van der Waals surface area contributed by atoms with Gasteiger partial charge in [0.05, 0.1) is 13.7 Å². The molecule has 0 radical (unpaired) electrons. The third-order valence-corrected chi connectivity index (χ3v) is 7.09. The van der Waals surface area contributed by atoms with Gasteiger partial charge in [-0.1, -0.05) is 18.6 Å². The molecule has 3 aliphatic heterocycles. The molecule has 1 aromatic carbocycles. The molecule has 1 aliphatic carbocycles. The first-order valence-electron chi connectivity index (χ1n) is 10.2. The second-order valence-electron chi connectivity index (χ2n) is 7.95. The molecule has 1 saturated carbocycles. The zero-order chi connectivity index (χ0) is 19.1. The molecule has 1 unspecified atom stereocenters. The lowest BCUT2D eigenvalue weighted by molar-refractivity contribution is -0.362. The van der Waals surface area contributed by atoms with Crippen molar-refractivity contribution < 1.29 is 28.4 Å². The lowest BCUT2D eigenvalue weighted by Gasteiger charge is -2.51. The highest BCUT2D eigenvalue weighted by Gasteiger charge is 2.58. The van der Waals surface area contributed by atoms with E-state index in [0.717, 1.165) is 37.0 Å². The molecule has 6 nitrogen and oxygen atoms in total. The summed E-state index contributed by atoms with van der Waals surface area (Å²) in [6, 6.07) is 7.83. The minimum atomic E-state index is -0.471. The molecule has 0 amide bonds. The summed E-state index contributed by atoms with van der Waals surface area (Å²) in [6.07, 6.45) is 6.44. The van der Waals surface area contributed by atoms with Gasteiger partial charge < -0.3 is 28.4 Å². The molecule has 6 atom stereocenters. The molecule has 3 saturated heterocycles. The molecule has 0 bridgehead atoms. The van der Waals surface area contributed by atoms with E-state index in [1.807, 2.05) is 30.5 Å². The van der Waals surface area contributed by atoms with E-state index < -0.39 is 12.1 Å². The first-order chi connectivity index (χ1) is 13.7. The van der Waals surface area contributed by atoms with Crippen molar-refractivity contribution in [3.05, 3.63) is 29.8 Å². The van der Waals surface area contributed by atoms with Crippen molar-refractivity contribution in [2.45, 2.75) is 74.0 Å². The molecule has 28 heavy (non-hydrogen) atoms. The molecular formula is C21H28O6S. The fourth-order valence-electron chi connectivity index (χ4n) is 4.75. The van der Waals surface area contributed by atoms with E-state index >= 15 is 0 Å². The number of hydrogen-bond donors (Lipinski definition) is 0. The van der Waals surface area contributed by atoms with Gasteiger partial charge >= 0.3 is 0 Å². The van der Waals surface area contributed by atoms with Gasteiger partial charge in [-0.2, -0.15) is 0 Å². The molecule has 7 heteroatoms. The molecule has 1 aromatic rings. The zero-order valence-electron chi connectivity index (χ0n) is 16.4. The van der Waals surface area contributed by atoms with Crippen LogP contribution in [-0.2, 0) is 23.7 Å². The predicted molar refractivity (Wildman–Crippen MR) is 104 cm³/mol. The highest BCUT2D eigenvalue weighted by Crippen LogP contribution is 2.47. The Balaban J connectivity index is 1.37. The topological polar surface area (TPSA) is 55.4 Å².